The summed E-state index contributed by atoms with van der Waals surface area (Å²) in [5.74, 6) is -1.12. The van der Waals surface area contributed by atoms with Crippen LogP contribution in [0.2, 0.25) is 10.0 Å². The van der Waals surface area contributed by atoms with Gasteiger partial charge in [0.1, 0.15) is 0 Å². The first kappa shape index (κ1) is 17.8. The van der Waals surface area contributed by atoms with Gasteiger partial charge in [-0.25, -0.2) is 0 Å². The molecule has 0 saturated heterocycles. The molecule has 0 aromatic heterocycles. The van der Waals surface area contributed by atoms with Crippen LogP contribution in [0.5, 0.6) is 0 Å². The Balaban J connectivity index is 2.68. The predicted molar refractivity (Wildman–Crippen MR) is 83.7 cm³/mol. The summed E-state index contributed by atoms with van der Waals surface area (Å²) >= 11 is 11.9. The minimum absolute atomic E-state index is 0.0590. The van der Waals surface area contributed by atoms with Crippen LogP contribution in [0.25, 0.3) is 0 Å². The molecule has 0 bridgehead atoms. The highest BCUT2D eigenvalue weighted by Crippen LogP contribution is 2.28. The van der Waals surface area contributed by atoms with Crippen molar-refractivity contribution in [2.75, 3.05) is 0 Å². The van der Waals surface area contributed by atoms with E-state index in [-0.39, 0.29) is 24.8 Å². The third-order valence-electron chi connectivity index (χ3n) is 3.08. The van der Waals surface area contributed by atoms with Crippen molar-refractivity contribution in [3.05, 3.63) is 33.8 Å². The van der Waals surface area contributed by atoms with Crippen molar-refractivity contribution in [2.45, 2.75) is 39.7 Å². The number of hydrogen-bond acceptors (Lipinski definition) is 2. The first-order valence-electron chi connectivity index (χ1n) is 6.57. The maximum absolute atomic E-state index is 12.0. The molecular weight excluding hydrogens is 313 g/mol. The molecule has 0 spiro atoms. The van der Waals surface area contributed by atoms with Gasteiger partial charge in [0.2, 0.25) is 5.91 Å². The molecule has 0 fully saturated rings. The average Bonchev–Trinajstić information content (AvgIpc) is 2.24. The second kappa shape index (κ2) is 7.14. The maximum atomic E-state index is 12.0. The van der Waals surface area contributed by atoms with Crippen LogP contribution in [0.15, 0.2) is 18.2 Å². The zero-order valence-electron chi connectivity index (χ0n) is 12.2. The number of aliphatic carboxylic acids is 1. The van der Waals surface area contributed by atoms with Gasteiger partial charge in [0.05, 0.1) is 12.5 Å². The van der Waals surface area contributed by atoms with Crippen LogP contribution in [0, 0.1) is 5.41 Å². The van der Waals surface area contributed by atoms with Crippen molar-refractivity contribution in [3.8, 4) is 0 Å². The monoisotopic (exact) mass is 331 g/mol. The number of rotatable bonds is 6. The molecule has 21 heavy (non-hydrogen) atoms. The van der Waals surface area contributed by atoms with Gasteiger partial charge >= 0.3 is 5.97 Å². The molecule has 0 aliphatic rings. The van der Waals surface area contributed by atoms with Crippen LogP contribution < -0.4 is 5.32 Å². The van der Waals surface area contributed by atoms with Crippen LogP contribution in [0.4, 0.5) is 0 Å². The molecule has 1 aromatic rings. The summed E-state index contributed by atoms with van der Waals surface area (Å²) in [4.78, 5) is 22.8. The minimum atomic E-state index is -0.915. The van der Waals surface area contributed by atoms with Gasteiger partial charge in [-0.15, -0.1) is 0 Å². The normalized spacial score (nSPS) is 12.8. The third-order valence-corrected chi connectivity index (χ3v) is 3.64. The highest BCUT2D eigenvalue weighted by Gasteiger charge is 2.26. The van der Waals surface area contributed by atoms with Crippen LogP contribution in [0.1, 0.15) is 45.2 Å². The molecule has 2 N–H and O–H groups in total. The molecule has 4 nitrogen and oxygen atoms in total. The fraction of sp³-hybridized carbons (Fsp3) is 0.467. The maximum Gasteiger partial charge on any atom is 0.303 e. The predicted octanol–water partition coefficient (Wildman–Crippen LogP) is 4.06. The van der Waals surface area contributed by atoms with Crippen LogP contribution in [-0.2, 0) is 9.59 Å². The van der Waals surface area contributed by atoms with Crippen molar-refractivity contribution in [1.82, 2.24) is 5.32 Å². The molecule has 0 saturated carbocycles. The van der Waals surface area contributed by atoms with E-state index in [2.05, 4.69) is 5.32 Å². The molecule has 1 aromatic carbocycles. The lowest BCUT2D eigenvalue weighted by Crippen LogP contribution is -2.32. The quantitative estimate of drug-likeness (QED) is 0.825. The minimum Gasteiger partial charge on any atom is -0.481 e. The summed E-state index contributed by atoms with van der Waals surface area (Å²) in [5.41, 5.74) is 0.171. The number of amides is 1. The van der Waals surface area contributed by atoms with Gasteiger partial charge in [-0.05, 0) is 30.0 Å². The van der Waals surface area contributed by atoms with Crippen molar-refractivity contribution < 1.29 is 14.7 Å². The Kier molecular flexibility index (Phi) is 6.05. The van der Waals surface area contributed by atoms with E-state index in [9.17, 15) is 9.59 Å². The third kappa shape index (κ3) is 5.94. The Hall–Kier alpha value is -1.26. The Morgan fingerprint density at radius 1 is 1.29 bits per heavy atom. The van der Waals surface area contributed by atoms with E-state index in [0.717, 1.165) is 5.56 Å². The summed E-state index contributed by atoms with van der Waals surface area (Å²) in [5, 5.41) is 12.7. The highest BCUT2D eigenvalue weighted by molar-refractivity contribution is 6.35. The van der Waals surface area contributed by atoms with Gasteiger partial charge in [0.25, 0.3) is 0 Å². The Bertz CT molecular complexity index is 544. The summed E-state index contributed by atoms with van der Waals surface area (Å²) in [6, 6.07) is 4.82. The van der Waals surface area contributed by atoms with Gasteiger partial charge in [0, 0.05) is 16.5 Å². The second-order valence-electron chi connectivity index (χ2n) is 5.87. The van der Waals surface area contributed by atoms with E-state index in [0.29, 0.717) is 10.0 Å². The molecule has 6 heteroatoms. The number of carbonyl (C=O) groups excluding carboxylic acids is 1. The number of carbonyl (C=O) groups is 2. The molecule has 1 unspecified atom stereocenters. The van der Waals surface area contributed by atoms with Gasteiger partial charge in [-0.1, -0.05) is 43.1 Å². The number of halogens is 2. The number of nitrogens with one attached hydrogen (secondary N) is 1. The van der Waals surface area contributed by atoms with Crippen LogP contribution in [0.3, 0.4) is 0 Å². The van der Waals surface area contributed by atoms with Crippen molar-refractivity contribution >= 4 is 35.1 Å². The molecule has 116 valence electrons. The largest absolute Gasteiger partial charge is 0.481 e. The molecule has 1 amide bonds. The van der Waals surface area contributed by atoms with E-state index >= 15 is 0 Å². The van der Waals surface area contributed by atoms with E-state index in [4.69, 9.17) is 28.3 Å². The zero-order valence-corrected chi connectivity index (χ0v) is 13.8. The van der Waals surface area contributed by atoms with E-state index in [1.54, 1.807) is 32.0 Å². The average molecular weight is 332 g/mol. The van der Waals surface area contributed by atoms with Gasteiger partial charge in [0.15, 0.2) is 0 Å². The Morgan fingerprint density at radius 3 is 2.43 bits per heavy atom. The van der Waals surface area contributed by atoms with Gasteiger partial charge in [-0.3, -0.25) is 9.59 Å². The Labute approximate surface area is 134 Å². The molecule has 0 aliphatic heterocycles. The zero-order chi connectivity index (χ0) is 16.2. The summed E-state index contributed by atoms with van der Waals surface area (Å²) in [6.07, 6.45) is 0.0748. The highest BCUT2D eigenvalue weighted by atomic mass is 35.5. The second-order valence-corrected chi connectivity index (χ2v) is 6.71. The lowest BCUT2D eigenvalue weighted by Gasteiger charge is -2.23. The van der Waals surface area contributed by atoms with Gasteiger partial charge in [-0.2, -0.15) is 0 Å². The van der Waals surface area contributed by atoms with Gasteiger partial charge < -0.3 is 10.4 Å². The van der Waals surface area contributed by atoms with Crippen LogP contribution in [-0.4, -0.2) is 17.0 Å². The molecule has 0 heterocycles. The summed E-state index contributed by atoms with van der Waals surface area (Å²) in [7, 11) is 0. The molecule has 1 rings (SSSR count). The first-order chi connectivity index (χ1) is 9.60. The smallest absolute Gasteiger partial charge is 0.303 e. The van der Waals surface area contributed by atoms with Crippen molar-refractivity contribution in [2.24, 2.45) is 5.41 Å². The van der Waals surface area contributed by atoms with E-state index in [1.807, 2.05) is 6.92 Å². The molecular formula is C15H19Cl2NO3. The molecule has 0 radical (unpaired) electrons. The van der Waals surface area contributed by atoms with E-state index < -0.39 is 11.4 Å². The lowest BCUT2D eigenvalue weighted by molar-refractivity contribution is -0.139. The Morgan fingerprint density at radius 2 is 1.90 bits per heavy atom. The molecule has 1 atom stereocenters. The van der Waals surface area contributed by atoms with Crippen molar-refractivity contribution in [3.63, 3.8) is 0 Å². The van der Waals surface area contributed by atoms with Crippen molar-refractivity contribution in [1.29, 1.82) is 0 Å². The summed E-state index contributed by atoms with van der Waals surface area (Å²) in [6.45, 7) is 5.32. The fourth-order valence-electron chi connectivity index (χ4n) is 2.13. The SMILES string of the molecule is CC(NC(=O)CC(C)(C)CC(=O)O)c1ccc(Cl)cc1Cl. The fourth-order valence-corrected chi connectivity index (χ4v) is 2.70. The topological polar surface area (TPSA) is 66.4 Å². The van der Waals surface area contributed by atoms with Crippen LogP contribution >= 0.6 is 23.2 Å². The number of benzene rings is 1. The number of carboxylic acids is 1. The first-order valence-corrected chi connectivity index (χ1v) is 7.32. The lowest BCUT2D eigenvalue weighted by atomic mass is 9.85. The standard InChI is InChI=1S/C15H19Cl2NO3/c1-9(11-5-4-10(16)6-12(11)17)18-13(19)7-15(2,3)8-14(20)21/h4-6,9H,7-8H2,1-3H3,(H,18,19)(H,20,21). The van der Waals surface area contributed by atoms with E-state index in [1.165, 1.54) is 0 Å². The molecule has 0 aliphatic carbocycles. The summed E-state index contributed by atoms with van der Waals surface area (Å²) < 4.78 is 0. The number of carboxylic acid groups (broad SMARTS) is 1. The number of hydrogen-bond donors (Lipinski definition) is 2.